The van der Waals surface area contributed by atoms with Gasteiger partial charge in [-0.25, -0.2) is 19.2 Å². The molecule has 0 aliphatic rings. The van der Waals surface area contributed by atoms with Crippen LogP contribution in [0.5, 0.6) is 0 Å². The van der Waals surface area contributed by atoms with Crippen molar-refractivity contribution in [2.75, 3.05) is 17.2 Å². The number of aromatic nitrogens is 3. The summed E-state index contributed by atoms with van der Waals surface area (Å²) in [6.45, 7) is 1.07. The van der Waals surface area contributed by atoms with Gasteiger partial charge in [0.1, 0.15) is 17.2 Å². The van der Waals surface area contributed by atoms with E-state index in [-0.39, 0.29) is 5.82 Å². The number of nitrogens with two attached hydrogens (primary N) is 2. The lowest BCUT2D eigenvalue weighted by Crippen LogP contribution is -2.36. The van der Waals surface area contributed by atoms with E-state index in [1.165, 1.54) is 17.0 Å². The number of amides is 2. The Hall–Kier alpha value is -4.46. The van der Waals surface area contributed by atoms with Crippen LogP contribution in [0.2, 0.25) is 0 Å². The fourth-order valence-electron chi connectivity index (χ4n) is 4.41. The molecular weight excluding hydrogens is 443 g/mol. The third-order valence-corrected chi connectivity index (χ3v) is 6.06. The molecule has 0 bridgehead atoms. The second kappa shape index (κ2) is 9.42. The quantitative estimate of drug-likeness (QED) is 0.315. The highest BCUT2D eigenvalue weighted by Gasteiger charge is 2.19. The number of nitrogen functional groups attached to an aromatic ring is 1. The average Bonchev–Trinajstić information content (AvgIpc) is 3.26. The molecule has 0 unspecified atom stereocenters. The molecule has 2 aromatic heterocycles. The third-order valence-electron chi connectivity index (χ3n) is 6.06. The molecule has 0 spiro atoms. The van der Waals surface area contributed by atoms with E-state index in [4.69, 9.17) is 16.5 Å². The molecule has 2 heterocycles. The number of nitrogens with zero attached hydrogens (tertiary/aromatic N) is 4. The van der Waals surface area contributed by atoms with Crippen LogP contribution in [-0.2, 0) is 6.54 Å². The molecule has 7 nitrogen and oxygen atoms in total. The number of primary amides is 1. The number of benzene rings is 3. The number of pyridine rings is 1. The van der Waals surface area contributed by atoms with Gasteiger partial charge in [0.15, 0.2) is 5.82 Å². The SMILES string of the molecule is NC(=O)N(CCCCn1c(-c2ccccc2)nc2c(N)nc3ccccc3c21)c1ccc(F)cc1. The minimum absolute atomic E-state index is 0.361. The van der Waals surface area contributed by atoms with Crippen LogP contribution >= 0.6 is 0 Å². The van der Waals surface area contributed by atoms with Crippen LogP contribution in [0.15, 0.2) is 78.9 Å². The molecule has 5 rings (SSSR count). The van der Waals surface area contributed by atoms with Crippen molar-refractivity contribution in [3.63, 3.8) is 0 Å². The highest BCUT2D eigenvalue weighted by atomic mass is 19.1. The maximum absolute atomic E-state index is 13.3. The average molecular weight is 469 g/mol. The zero-order valence-electron chi connectivity index (χ0n) is 19.1. The lowest BCUT2D eigenvalue weighted by molar-refractivity contribution is 0.253. The Morgan fingerprint density at radius 3 is 2.37 bits per heavy atom. The number of imidazole rings is 1. The number of unbranched alkanes of at least 4 members (excludes halogenated alkanes) is 1. The first-order valence-corrected chi connectivity index (χ1v) is 11.5. The van der Waals surface area contributed by atoms with Gasteiger partial charge in [0.05, 0.1) is 11.0 Å². The van der Waals surface area contributed by atoms with Gasteiger partial charge in [0.25, 0.3) is 0 Å². The van der Waals surface area contributed by atoms with E-state index in [0.717, 1.165) is 34.2 Å². The fraction of sp³-hybridized carbons (Fsp3) is 0.148. The number of carbonyl (C=O) groups is 1. The molecule has 176 valence electrons. The fourth-order valence-corrected chi connectivity index (χ4v) is 4.41. The van der Waals surface area contributed by atoms with Crippen molar-refractivity contribution in [3.8, 4) is 11.4 Å². The second-order valence-corrected chi connectivity index (χ2v) is 8.34. The van der Waals surface area contributed by atoms with Gasteiger partial charge >= 0.3 is 6.03 Å². The molecule has 8 heteroatoms. The molecular formula is C27H25FN6O. The molecule has 0 saturated carbocycles. The zero-order valence-corrected chi connectivity index (χ0v) is 19.1. The lowest BCUT2D eigenvalue weighted by Gasteiger charge is -2.20. The second-order valence-electron chi connectivity index (χ2n) is 8.34. The molecule has 0 radical (unpaired) electrons. The Labute approximate surface area is 201 Å². The Morgan fingerprint density at radius 2 is 1.63 bits per heavy atom. The maximum Gasteiger partial charge on any atom is 0.319 e. The molecule has 0 fully saturated rings. The van der Waals surface area contributed by atoms with Crippen LogP contribution in [0.3, 0.4) is 0 Å². The van der Waals surface area contributed by atoms with Crippen LogP contribution in [0.25, 0.3) is 33.3 Å². The van der Waals surface area contributed by atoms with Crippen LogP contribution < -0.4 is 16.4 Å². The van der Waals surface area contributed by atoms with Crippen molar-refractivity contribution < 1.29 is 9.18 Å². The van der Waals surface area contributed by atoms with Gasteiger partial charge in [-0.05, 0) is 43.2 Å². The summed E-state index contributed by atoms with van der Waals surface area (Å²) < 4.78 is 15.5. The predicted octanol–water partition coefficient (Wildman–Crippen LogP) is 5.34. The number of hydrogen-bond acceptors (Lipinski definition) is 4. The molecule has 0 saturated heterocycles. The summed E-state index contributed by atoms with van der Waals surface area (Å²) in [5, 5.41) is 0.983. The van der Waals surface area contributed by atoms with Crippen LogP contribution in [0.1, 0.15) is 12.8 Å². The Bertz CT molecular complexity index is 1500. The van der Waals surface area contributed by atoms with Crippen molar-refractivity contribution in [1.82, 2.24) is 14.5 Å². The van der Waals surface area contributed by atoms with Crippen molar-refractivity contribution in [3.05, 3.63) is 84.7 Å². The molecule has 0 aliphatic carbocycles. The molecule has 35 heavy (non-hydrogen) atoms. The largest absolute Gasteiger partial charge is 0.382 e. The minimum Gasteiger partial charge on any atom is -0.382 e. The first-order chi connectivity index (χ1) is 17.0. The Balaban J connectivity index is 1.47. The van der Waals surface area contributed by atoms with Crippen LogP contribution in [-0.4, -0.2) is 27.1 Å². The number of halogens is 1. The molecule has 3 aromatic carbocycles. The number of fused-ring (bicyclic) bond motifs is 3. The van der Waals surface area contributed by atoms with Gasteiger partial charge in [0, 0.05) is 29.7 Å². The first-order valence-electron chi connectivity index (χ1n) is 11.5. The van der Waals surface area contributed by atoms with Gasteiger partial charge in [0.2, 0.25) is 0 Å². The summed E-state index contributed by atoms with van der Waals surface area (Å²) in [5.74, 6) is 0.848. The van der Waals surface area contributed by atoms with E-state index in [1.807, 2.05) is 54.6 Å². The van der Waals surface area contributed by atoms with E-state index >= 15 is 0 Å². The predicted molar refractivity (Wildman–Crippen MR) is 137 cm³/mol. The van der Waals surface area contributed by atoms with E-state index in [1.54, 1.807) is 12.1 Å². The van der Waals surface area contributed by atoms with Gasteiger partial charge in [-0.15, -0.1) is 0 Å². The smallest absolute Gasteiger partial charge is 0.319 e. The highest BCUT2D eigenvalue weighted by Crippen LogP contribution is 2.32. The normalized spacial score (nSPS) is 11.2. The molecule has 0 atom stereocenters. The van der Waals surface area contributed by atoms with Gasteiger partial charge in [-0.2, -0.15) is 0 Å². The van der Waals surface area contributed by atoms with E-state index in [9.17, 15) is 9.18 Å². The molecule has 0 aliphatic heterocycles. The lowest BCUT2D eigenvalue weighted by atomic mass is 10.1. The molecule has 5 aromatic rings. The van der Waals surface area contributed by atoms with E-state index in [0.29, 0.717) is 36.5 Å². The summed E-state index contributed by atoms with van der Waals surface area (Å²) in [6.07, 6.45) is 1.44. The minimum atomic E-state index is -0.570. The van der Waals surface area contributed by atoms with Crippen molar-refractivity contribution >= 4 is 39.5 Å². The summed E-state index contributed by atoms with van der Waals surface area (Å²) in [5.41, 5.74) is 15.9. The monoisotopic (exact) mass is 468 g/mol. The maximum atomic E-state index is 13.3. The van der Waals surface area contributed by atoms with Crippen LogP contribution in [0, 0.1) is 5.82 Å². The number of carbonyl (C=O) groups excluding carboxylic acids is 1. The standard InChI is InChI=1S/C27H25FN6O/c28-19-12-14-20(15-13-19)33(27(30)35)16-6-7-17-34-24-21-10-4-5-11-22(21)31-25(29)23(24)32-26(34)18-8-2-1-3-9-18/h1-5,8-15H,6-7,16-17H2,(H2,29,31)(H2,30,35). The Kier molecular flexibility index (Phi) is 6.01. The number of hydrogen-bond donors (Lipinski definition) is 2. The summed E-state index contributed by atoms with van der Waals surface area (Å²) >= 11 is 0. The van der Waals surface area contributed by atoms with Crippen molar-refractivity contribution in [1.29, 1.82) is 0 Å². The molecule has 2 amide bonds. The first kappa shape index (κ1) is 22.3. The zero-order chi connectivity index (χ0) is 24.4. The Morgan fingerprint density at radius 1 is 0.914 bits per heavy atom. The number of para-hydroxylation sites is 1. The number of aryl methyl sites for hydroxylation is 1. The van der Waals surface area contributed by atoms with Gasteiger partial charge in [-0.3, -0.25) is 4.90 Å². The van der Waals surface area contributed by atoms with Gasteiger partial charge in [-0.1, -0.05) is 48.5 Å². The number of rotatable bonds is 7. The highest BCUT2D eigenvalue weighted by molar-refractivity contribution is 6.07. The van der Waals surface area contributed by atoms with Gasteiger partial charge < -0.3 is 16.0 Å². The van der Waals surface area contributed by atoms with Crippen molar-refractivity contribution in [2.45, 2.75) is 19.4 Å². The molecule has 4 N–H and O–H groups in total. The van der Waals surface area contributed by atoms with Crippen LogP contribution in [0.4, 0.5) is 20.7 Å². The van der Waals surface area contributed by atoms with Crippen molar-refractivity contribution in [2.24, 2.45) is 5.73 Å². The van der Waals surface area contributed by atoms with E-state index < -0.39 is 6.03 Å². The topological polar surface area (TPSA) is 103 Å². The number of anilines is 2. The summed E-state index contributed by atoms with van der Waals surface area (Å²) in [6, 6.07) is 23.0. The van der Waals surface area contributed by atoms with E-state index in [2.05, 4.69) is 9.55 Å². The summed E-state index contributed by atoms with van der Waals surface area (Å²) in [4.78, 5) is 22.9. The number of urea groups is 1. The third kappa shape index (κ3) is 4.38. The summed E-state index contributed by atoms with van der Waals surface area (Å²) in [7, 11) is 0.